The van der Waals surface area contributed by atoms with E-state index in [1.165, 1.54) is 0 Å². The van der Waals surface area contributed by atoms with E-state index in [4.69, 9.17) is 9.26 Å². The van der Waals surface area contributed by atoms with E-state index in [0.717, 1.165) is 4.47 Å². The van der Waals surface area contributed by atoms with Crippen molar-refractivity contribution >= 4 is 15.9 Å². The van der Waals surface area contributed by atoms with E-state index in [2.05, 4.69) is 31.1 Å². The Hall–Kier alpha value is -1.43. The van der Waals surface area contributed by atoms with Crippen molar-refractivity contribution < 1.29 is 9.26 Å². The lowest BCUT2D eigenvalue weighted by atomic mass is 10.5. The van der Waals surface area contributed by atoms with Gasteiger partial charge >= 0.3 is 0 Å². The molecule has 2 heterocycles. The van der Waals surface area contributed by atoms with Gasteiger partial charge in [-0.2, -0.15) is 4.98 Å². The van der Waals surface area contributed by atoms with Crippen LogP contribution in [0.25, 0.3) is 0 Å². The van der Waals surface area contributed by atoms with Crippen LogP contribution in [0.2, 0.25) is 0 Å². The second kappa shape index (κ2) is 4.39. The Kier molecular flexibility index (Phi) is 2.96. The fraction of sp³-hybridized carbons (Fsp3) is 0.222. The molecule has 78 valence electrons. The van der Waals surface area contributed by atoms with Crippen molar-refractivity contribution in [1.82, 2.24) is 15.1 Å². The van der Waals surface area contributed by atoms with Gasteiger partial charge in [0, 0.05) is 10.7 Å². The average Bonchev–Trinajstić information content (AvgIpc) is 2.62. The van der Waals surface area contributed by atoms with Gasteiger partial charge in [0.25, 0.3) is 5.89 Å². The zero-order chi connectivity index (χ0) is 10.7. The predicted octanol–water partition coefficient (Wildman–Crippen LogP) is 2.11. The monoisotopic (exact) mass is 269 g/mol. The number of hydrogen-bond donors (Lipinski definition) is 0. The second-order valence-corrected chi connectivity index (χ2v) is 3.78. The zero-order valence-corrected chi connectivity index (χ0v) is 9.56. The molecule has 5 nitrogen and oxygen atoms in total. The molecule has 0 aliphatic heterocycles. The predicted molar refractivity (Wildman–Crippen MR) is 55.3 cm³/mol. The molecule has 0 aliphatic carbocycles. The summed E-state index contributed by atoms with van der Waals surface area (Å²) in [5, 5.41) is 3.66. The van der Waals surface area contributed by atoms with Crippen molar-refractivity contribution in [3.63, 3.8) is 0 Å². The van der Waals surface area contributed by atoms with E-state index in [-0.39, 0.29) is 6.61 Å². The average molecular weight is 270 g/mol. The summed E-state index contributed by atoms with van der Waals surface area (Å²) in [6.07, 6.45) is 3.30. The summed E-state index contributed by atoms with van der Waals surface area (Å²) in [7, 11) is 0. The van der Waals surface area contributed by atoms with E-state index in [1.807, 2.05) is 6.07 Å². The summed E-state index contributed by atoms with van der Waals surface area (Å²) in [5.41, 5.74) is 0. The van der Waals surface area contributed by atoms with E-state index >= 15 is 0 Å². The maximum absolute atomic E-state index is 5.40. The Morgan fingerprint density at radius 1 is 1.47 bits per heavy atom. The minimum atomic E-state index is 0.249. The van der Waals surface area contributed by atoms with Crippen LogP contribution < -0.4 is 4.74 Å². The van der Waals surface area contributed by atoms with Gasteiger partial charge in [-0.05, 0) is 28.9 Å². The number of pyridine rings is 1. The topological polar surface area (TPSA) is 61.0 Å². The SMILES string of the molecule is Cc1noc(COc2cncc(Br)c2)n1. The first-order chi connectivity index (χ1) is 7.24. The molecule has 0 bridgehead atoms. The van der Waals surface area contributed by atoms with Crippen LogP contribution in [0.3, 0.4) is 0 Å². The molecule has 6 heteroatoms. The number of rotatable bonds is 3. The maximum atomic E-state index is 5.40. The summed E-state index contributed by atoms with van der Waals surface area (Å²) in [4.78, 5) is 7.98. The molecule has 0 unspecified atom stereocenters. The molecule has 0 saturated carbocycles. The standard InChI is InChI=1S/C9H8BrN3O2/c1-6-12-9(15-13-6)5-14-8-2-7(10)3-11-4-8/h2-4H,5H2,1H3. The molecule has 0 aliphatic rings. The van der Waals surface area contributed by atoms with Crippen LogP contribution in [0.5, 0.6) is 5.75 Å². The van der Waals surface area contributed by atoms with Crippen LogP contribution in [0.15, 0.2) is 27.5 Å². The maximum Gasteiger partial charge on any atom is 0.264 e. The van der Waals surface area contributed by atoms with Crippen molar-refractivity contribution in [1.29, 1.82) is 0 Å². The molecular formula is C9H8BrN3O2. The van der Waals surface area contributed by atoms with Gasteiger partial charge in [-0.25, -0.2) is 0 Å². The van der Waals surface area contributed by atoms with Gasteiger partial charge < -0.3 is 9.26 Å². The molecule has 0 radical (unpaired) electrons. The third kappa shape index (κ3) is 2.76. The highest BCUT2D eigenvalue weighted by molar-refractivity contribution is 9.10. The van der Waals surface area contributed by atoms with E-state index in [0.29, 0.717) is 17.5 Å². The molecule has 0 atom stereocenters. The summed E-state index contributed by atoms with van der Waals surface area (Å²) in [5.74, 6) is 1.70. The number of hydrogen-bond acceptors (Lipinski definition) is 5. The number of aromatic nitrogens is 3. The molecular weight excluding hydrogens is 262 g/mol. The summed E-state index contributed by atoms with van der Waals surface area (Å²) >= 11 is 3.30. The largest absolute Gasteiger partial charge is 0.482 e. The van der Waals surface area contributed by atoms with Gasteiger partial charge in [0.05, 0.1) is 6.20 Å². The van der Waals surface area contributed by atoms with Gasteiger partial charge in [0.2, 0.25) is 0 Å². The molecule has 0 N–H and O–H groups in total. The van der Waals surface area contributed by atoms with Gasteiger partial charge in [-0.1, -0.05) is 5.16 Å². The number of aryl methyl sites for hydroxylation is 1. The minimum Gasteiger partial charge on any atom is -0.482 e. The highest BCUT2D eigenvalue weighted by Gasteiger charge is 2.03. The number of nitrogens with zero attached hydrogens (tertiary/aromatic N) is 3. The van der Waals surface area contributed by atoms with E-state index in [9.17, 15) is 0 Å². The molecule has 0 aromatic carbocycles. The van der Waals surface area contributed by atoms with Crippen LogP contribution in [-0.2, 0) is 6.61 Å². The van der Waals surface area contributed by atoms with Gasteiger partial charge in [-0.15, -0.1) is 0 Å². The Morgan fingerprint density at radius 3 is 3.00 bits per heavy atom. The molecule has 0 fully saturated rings. The van der Waals surface area contributed by atoms with Crippen molar-refractivity contribution in [3.8, 4) is 5.75 Å². The summed E-state index contributed by atoms with van der Waals surface area (Å²) in [6, 6.07) is 1.82. The lowest BCUT2D eigenvalue weighted by Crippen LogP contribution is -1.96. The highest BCUT2D eigenvalue weighted by Crippen LogP contribution is 2.16. The molecule has 0 saturated heterocycles. The lowest BCUT2D eigenvalue weighted by Gasteiger charge is -2.01. The second-order valence-electron chi connectivity index (χ2n) is 2.86. The Morgan fingerprint density at radius 2 is 2.33 bits per heavy atom. The fourth-order valence-corrected chi connectivity index (χ4v) is 1.36. The molecule has 0 spiro atoms. The highest BCUT2D eigenvalue weighted by atomic mass is 79.9. The van der Waals surface area contributed by atoms with Crippen LogP contribution in [0.1, 0.15) is 11.7 Å². The molecule has 2 aromatic heterocycles. The fourth-order valence-electron chi connectivity index (χ4n) is 1.02. The molecule has 2 rings (SSSR count). The quantitative estimate of drug-likeness (QED) is 0.854. The van der Waals surface area contributed by atoms with Crippen molar-refractivity contribution in [3.05, 3.63) is 34.6 Å². The van der Waals surface area contributed by atoms with Crippen molar-refractivity contribution in [2.24, 2.45) is 0 Å². The summed E-state index contributed by atoms with van der Waals surface area (Å²) < 4.78 is 11.2. The molecule has 0 amide bonds. The first-order valence-electron chi connectivity index (χ1n) is 4.26. The molecule has 2 aromatic rings. The Labute approximate surface area is 94.6 Å². The minimum absolute atomic E-state index is 0.249. The first-order valence-corrected chi connectivity index (χ1v) is 5.06. The smallest absolute Gasteiger partial charge is 0.264 e. The third-order valence-electron chi connectivity index (χ3n) is 1.61. The number of ether oxygens (including phenoxy) is 1. The zero-order valence-electron chi connectivity index (χ0n) is 7.98. The van der Waals surface area contributed by atoms with Gasteiger partial charge in [0.1, 0.15) is 5.75 Å². The normalized spacial score (nSPS) is 10.3. The third-order valence-corrected chi connectivity index (χ3v) is 2.05. The van der Waals surface area contributed by atoms with Crippen molar-refractivity contribution in [2.75, 3.05) is 0 Å². The molecule has 15 heavy (non-hydrogen) atoms. The summed E-state index contributed by atoms with van der Waals surface area (Å²) in [6.45, 7) is 2.01. The van der Waals surface area contributed by atoms with E-state index in [1.54, 1.807) is 19.3 Å². The first kappa shape index (κ1) is 10.1. The van der Waals surface area contributed by atoms with Crippen LogP contribution >= 0.6 is 15.9 Å². The lowest BCUT2D eigenvalue weighted by molar-refractivity contribution is 0.242. The van der Waals surface area contributed by atoms with Crippen molar-refractivity contribution in [2.45, 2.75) is 13.5 Å². The van der Waals surface area contributed by atoms with Crippen LogP contribution in [-0.4, -0.2) is 15.1 Å². The van der Waals surface area contributed by atoms with Crippen LogP contribution in [0.4, 0.5) is 0 Å². The van der Waals surface area contributed by atoms with E-state index < -0.39 is 0 Å². The Balaban J connectivity index is 1.99. The number of halogens is 1. The van der Waals surface area contributed by atoms with Gasteiger partial charge in [0.15, 0.2) is 12.4 Å². The van der Waals surface area contributed by atoms with Gasteiger partial charge in [-0.3, -0.25) is 4.98 Å². The van der Waals surface area contributed by atoms with Crippen LogP contribution in [0, 0.1) is 6.92 Å². The Bertz CT molecular complexity index is 458.